The molecule has 1 rings (SSSR count). The van der Waals surface area contributed by atoms with Crippen LogP contribution in [-0.4, -0.2) is 15.9 Å². The van der Waals surface area contributed by atoms with Crippen LogP contribution in [0.15, 0.2) is 6.08 Å². The van der Waals surface area contributed by atoms with Crippen molar-refractivity contribution in [2.45, 2.75) is 13.8 Å². The Morgan fingerprint density at radius 1 is 1.55 bits per heavy atom. The van der Waals surface area contributed by atoms with Crippen LogP contribution in [0.25, 0.3) is 5.57 Å². The Bertz CT molecular complexity index is 267. The predicted octanol–water partition coefficient (Wildman–Crippen LogP) is 1.97. The molecule has 0 bridgehead atoms. The Morgan fingerprint density at radius 3 is 2.82 bits per heavy atom. The number of methoxy groups -OCH3 is 1. The zero-order valence-electron chi connectivity index (χ0n) is 6.79. The Balaban J connectivity index is 3.02. The molecule has 1 aromatic heterocycles. The van der Waals surface area contributed by atoms with Crippen molar-refractivity contribution < 1.29 is 4.74 Å². The van der Waals surface area contributed by atoms with Gasteiger partial charge in [-0.05, 0) is 19.4 Å². The monoisotopic (exact) mass is 170 g/mol. The molecule has 0 radical (unpaired) electrons. The first-order chi connectivity index (χ1) is 5.29. The van der Waals surface area contributed by atoms with Gasteiger partial charge in [0.15, 0.2) is 0 Å². The highest BCUT2D eigenvalue weighted by Gasteiger charge is 2.08. The van der Waals surface area contributed by atoms with Crippen LogP contribution in [0.1, 0.15) is 19.5 Å². The lowest BCUT2D eigenvalue weighted by Crippen LogP contribution is -1.87. The highest BCUT2D eigenvalue weighted by atomic mass is 32.1. The molecule has 0 atom stereocenters. The second-order valence-electron chi connectivity index (χ2n) is 2.09. The van der Waals surface area contributed by atoms with E-state index in [-0.39, 0.29) is 0 Å². The number of rotatable bonds is 2. The van der Waals surface area contributed by atoms with Gasteiger partial charge in [0, 0.05) is 0 Å². The predicted molar refractivity (Wildman–Crippen MR) is 45.8 cm³/mol. The van der Waals surface area contributed by atoms with Gasteiger partial charge in [0.2, 0.25) is 0 Å². The average molecular weight is 170 g/mol. The molecule has 0 N–H and O–H groups in total. The average Bonchev–Trinajstić information content (AvgIpc) is 2.50. The lowest BCUT2D eigenvalue weighted by atomic mass is 10.2. The third-order valence-corrected chi connectivity index (χ3v) is 1.97. The molecule has 0 aliphatic rings. The molecule has 0 fully saturated rings. The molecule has 0 aromatic carbocycles. The lowest BCUT2D eigenvalue weighted by molar-refractivity contribution is 0.400. The lowest BCUT2D eigenvalue weighted by Gasteiger charge is -1.96. The molecular formula is C7H10N2OS. The first kappa shape index (κ1) is 8.20. The molecule has 11 heavy (non-hydrogen) atoms. The smallest absolute Gasteiger partial charge is 0.253 e. The van der Waals surface area contributed by atoms with Gasteiger partial charge in [0.25, 0.3) is 5.88 Å². The van der Waals surface area contributed by atoms with Gasteiger partial charge in [-0.15, -0.1) is 4.37 Å². The summed E-state index contributed by atoms with van der Waals surface area (Å²) in [6.07, 6.45) is 1.99. The van der Waals surface area contributed by atoms with Gasteiger partial charge in [-0.2, -0.15) is 4.37 Å². The van der Waals surface area contributed by atoms with Crippen LogP contribution in [0.2, 0.25) is 0 Å². The summed E-state index contributed by atoms with van der Waals surface area (Å²) in [6.45, 7) is 3.95. The maximum Gasteiger partial charge on any atom is 0.253 e. The maximum absolute atomic E-state index is 5.00. The topological polar surface area (TPSA) is 35.0 Å². The van der Waals surface area contributed by atoms with E-state index in [0.717, 1.165) is 11.3 Å². The number of allylic oxidation sites excluding steroid dienone is 2. The molecule has 0 aliphatic carbocycles. The summed E-state index contributed by atoms with van der Waals surface area (Å²) in [4.78, 5) is 0. The summed E-state index contributed by atoms with van der Waals surface area (Å²) in [5, 5.41) is 0. The fraction of sp³-hybridized carbons (Fsp3) is 0.429. The van der Waals surface area contributed by atoms with E-state index >= 15 is 0 Å². The summed E-state index contributed by atoms with van der Waals surface area (Å²) in [5.41, 5.74) is 1.94. The van der Waals surface area contributed by atoms with Gasteiger partial charge in [-0.25, -0.2) is 0 Å². The van der Waals surface area contributed by atoms with Gasteiger partial charge < -0.3 is 4.74 Å². The van der Waals surface area contributed by atoms with E-state index in [0.29, 0.717) is 5.88 Å². The third kappa shape index (κ3) is 1.57. The van der Waals surface area contributed by atoms with Crippen LogP contribution in [0, 0.1) is 0 Å². The van der Waals surface area contributed by atoms with Crippen LogP contribution >= 0.6 is 11.7 Å². The number of hydrogen-bond donors (Lipinski definition) is 0. The summed E-state index contributed by atoms with van der Waals surface area (Å²) in [7, 11) is 1.60. The minimum Gasteiger partial charge on any atom is -0.479 e. The minimum atomic E-state index is 0.616. The van der Waals surface area contributed by atoms with Crippen molar-refractivity contribution in [2.24, 2.45) is 0 Å². The molecule has 1 heterocycles. The minimum absolute atomic E-state index is 0.616. The Morgan fingerprint density at radius 2 is 2.27 bits per heavy atom. The van der Waals surface area contributed by atoms with E-state index in [2.05, 4.69) is 8.75 Å². The zero-order chi connectivity index (χ0) is 8.27. The van der Waals surface area contributed by atoms with Crippen molar-refractivity contribution in [1.82, 2.24) is 8.75 Å². The quantitative estimate of drug-likeness (QED) is 0.680. The van der Waals surface area contributed by atoms with Gasteiger partial charge in [-0.1, -0.05) is 6.08 Å². The number of hydrogen-bond acceptors (Lipinski definition) is 4. The molecule has 0 amide bonds. The zero-order valence-corrected chi connectivity index (χ0v) is 7.60. The van der Waals surface area contributed by atoms with Gasteiger partial charge >= 0.3 is 0 Å². The normalized spacial score (nSPS) is 11.7. The summed E-state index contributed by atoms with van der Waals surface area (Å²) in [6, 6.07) is 0. The molecule has 3 nitrogen and oxygen atoms in total. The van der Waals surface area contributed by atoms with Crippen molar-refractivity contribution in [3.05, 3.63) is 11.8 Å². The molecular weight excluding hydrogens is 160 g/mol. The Labute approximate surface area is 70.0 Å². The van der Waals surface area contributed by atoms with E-state index in [1.54, 1.807) is 7.11 Å². The summed E-state index contributed by atoms with van der Waals surface area (Å²) >= 11 is 1.17. The molecule has 0 spiro atoms. The van der Waals surface area contributed by atoms with Crippen molar-refractivity contribution in [3.63, 3.8) is 0 Å². The molecule has 0 saturated carbocycles. The standard InChI is InChI=1S/C7H10N2OS/c1-4-5(2)6-7(10-3)9-11-8-6/h4H,1-3H3/b5-4+. The maximum atomic E-state index is 5.00. The van der Waals surface area contributed by atoms with Crippen LogP contribution in [0.5, 0.6) is 5.88 Å². The SMILES string of the molecule is C/C=C(\C)c1nsnc1OC. The van der Waals surface area contributed by atoms with Gasteiger partial charge in [0.05, 0.1) is 18.8 Å². The number of aromatic nitrogens is 2. The second kappa shape index (κ2) is 3.48. The molecule has 0 unspecified atom stereocenters. The third-order valence-electron chi connectivity index (χ3n) is 1.46. The molecule has 0 aliphatic heterocycles. The van der Waals surface area contributed by atoms with Crippen LogP contribution in [-0.2, 0) is 0 Å². The highest BCUT2D eigenvalue weighted by molar-refractivity contribution is 6.99. The number of ether oxygens (including phenoxy) is 1. The van der Waals surface area contributed by atoms with Crippen molar-refractivity contribution in [3.8, 4) is 5.88 Å². The molecule has 60 valence electrons. The first-order valence-corrected chi connectivity index (χ1v) is 4.02. The van der Waals surface area contributed by atoms with Crippen molar-refractivity contribution >= 4 is 17.3 Å². The largest absolute Gasteiger partial charge is 0.479 e. The first-order valence-electron chi connectivity index (χ1n) is 3.29. The van der Waals surface area contributed by atoms with Crippen LogP contribution in [0.4, 0.5) is 0 Å². The van der Waals surface area contributed by atoms with E-state index in [4.69, 9.17) is 4.74 Å². The van der Waals surface area contributed by atoms with Crippen molar-refractivity contribution in [1.29, 1.82) is 0 Å². The summed E-state index contributed by atoms with van der Waals surface area (Å²) in [5.74, 6) is 0.616. The Hall–Kier alpha value is -0.900. The fourth-order valence-corrected chi connectivity index (χ4v) is 1.27. The van der Waals surface area contributed by atoms with Gasteiger partial charge in [0.1, 0.15) is 5.69 Å². The van der Waals surface area contributed by atoms with Gasteiger partial charge in [-0.3, -0.25) is 0 Å². The second-order valence-corrected chi connectivity index (χ2v) is 2.62. The van der Waals surface area contributed by atoms with E-state index in [1.165, 1.54) is 11.7 Å². The van der Waals surface area contributed by atoms with Crippen LogP contribution < -0.4 is 4.74 Å². The van der Waals surface area contributed by atoms with E-state index in [1.807, 2.05) is 19.9 Å². The fourth-order valence-electron chi connectivity index (χ4n) is 0.692. The Kier molecular flexibility index (Phi) is 2.59. The van der Waals surface area contributed by atoms with Crippen LogP contribution in [0.3, 0.4) is 0 Å². The van der Waals surface area contributed by atoms with E-state index in [9.17, 15) is 0 Å². The number of nitrogens with zero attached hydrogens (tertiary/aromatic N) is 2. The summed E-state index contributed by atoms with van der Waals surface area (Å²) < 4.78 is 13.1. The molecule has 1 aromatic rings. The molecule has 4 heteroatoms. The highest BCUT2D eigenvalue weighted by Crippen LogP contribution is 2.22. The van der Waals surface area contributed by atoms with E-state index < -0.39 is 0 Å². The molecule has 0 saturated heterocycles. The van der Waals surface area contributed by atoms with Crippen molar-refractivity contribution in [2.75, 3.05) is 7.11 Å².